The topological polar surface area (TPSA) is 105 Å². The Labute approximate surface area is 151 Å². The number of nitrogens with one attached hydrogen (secondary N) is 1. The average molecular weight is 376 g/mol. The van der Waals surface area contributed by atoms with Crippen LogP contribution in [0.3, 0.4) is 0 Å². The number of aryl methyl sites for hydroxylation is 1. The largest absolute Gasteiger partial charge is 0.357 e. The summed E-state index contributed by atoms with van der Waals surface area (Å²) in [5.41, 5.74) is 0.949. The summed E-state index contributed by atoms with van der Waals surface area (Å²) in [5.74, 6) is 0.880. The van der Waals surface area contributed by atoms with Gasteiger partial charge in [0.1, 0.15) is 16.4 Å². The van der Waals surface area contributed by atoms with E-state index in [2.05, 4.69) is 15.2 Å². The Morgan fingerprint density at radius 3 is 2.42 bits per heavy atom. The van der Waals surface area contributed by atoms with Gasteiger partial charge in [0.05, 0.1) is 16.3 Å². The molecular weight excluding hydrogens is 356 g/mol. The molecule has 0 saturated carbocycles. The second-order valence-electron chi connectivity index (χ2n) is 6.30. The Balaban J connectivity index is 1.97. The fraction of sp³-hybridized carbons (Fsp3) is 0.353. The first kappa shape index (κ1) is 18.1. The van der Waals surface area contributed by atoms with Gasteiger partial charge in [0.25, 0.3) is 0 Å². The molecule has 138 valence electrons. The number of benzene rings is 1. The van der Waals surface area contributed by atoms with Crippen molar-refractivity contribution in [3.05, 3.63) is 46.1 Å². The minimum atomic E-state index is -3.73. The van der Waals surface area contributed by atoms with Crippen LogP contribution in [0.4, 0.5) is 22.9 Å². The quantitative estimate of drug-likeness (QED) is 0.631. The molecule has 0 spiro atoms. The molecule has 1 aliphatic rings. The zero-order valence-corrected chi connectivity index (χ0v) is 15.4. The monoisotopic (exact) mass is 376 g/mol. The fourth-order valence-electron chi connectivity index (χ4n) is 3.06. The SMILES string of the molecule is Cc1nc(N2CCCC2)ccc1Nc1cccc(S(C)(=O)=O)c1[N+](=O)[O-]. The fourth-order valence-corrected chi connectivity index (χ4v) is 3.92. The Hall–Kier alpha value is -2.68. The Kier molecular flexibility index (Phi) is 4.82. The van der Waals surface area contributed by atoms with Gasteiger partial charge in [-0.3, -0.25) is 10.1 Å². The van der Waals surface area contributed by atoms with Crippen LogP contribution in [0.5, 0.6) is 0 Å². The third-order valence-electron chi connectivity index (χ3n) is 4.35. The number of para-hydroxylation sites is 1. The summed E-state index contributed by atoms with van der Waals surface area (Å²) < 4.78 is 23.7. The molecule has 1 aliphatic heterocycles. The lowest BCUT2D eigenvalue weighted by molar-refractivity contribution is -0.386. The minimum absolute atomic E-state index is 0.122. The number of aromatic nitrogens is 1. The van der Waals surface area contributed by atoms with Gasteiger partial charge in [0, 0.05) is 19.3 Å². The van der Waals surface area contributed by atoms with Crippen molar-refractivity contribution < 1.29 is 13.3 Å². The van der Waals surface area contributed by atoms with Crippen LogP contribution in [0.25, 0.3) is 0 Å². The summed E-state index contributed by atoms with van der Waals surface area (Å²) >= 11 is 0. The van der Waals surface area contributed by atoms with Gasteiger partial charge < -0.3 is 10.2 Å². The zero-order chi connectivity index (χ0) is 18.9. The van der Waals surface area contributed by atoms with Crippen LogP contribution < -0.4 is 10.2 Å². The smallest absolute Gasteiger partial charge is 0.311 e. The van der Waals surface area contributed by atoms with Crippen molar-refractivity contribution in [1.82, 2.24) is 4.98 Å². The van der Waals surface area contributed by atoms with Gasteiger partial charge in [-0.05, 0) is 44.0 Å². The third-order valence-corrected chi connectivity index (χ3v) is 5.48. The van der Waals surface area contributed by atoms with Crippen molar-refractivity contribution in [2.45, 2.75) is 24.7 Å². The van der Waals surface area contributed by atoms with Gasteiger partial charge in [-0.2, -0.15) is 0 Å². The molecule has 0 aliphatic carbocycles. The zero-order valence-electron chi connectivity index (χ0n) is 14.6. The van der Waals surface area contributed by atoms with Crippen LogP contribution in [0, 0.1) is 17.0 Å². The lowest BCUT2D eigenvalue weighted by atomic mass is 10.2. The van der Waals surface area contributed by atoms with E-state index >= 15 is 0 Å². The van der Waals surface area contributed by atoms with Crippen molar-refractivity contribution in [2.24, 2.45) is 0 Å². The number of pyridine rings is 1. The van der Waals surface area contributed by atoms with Crippen molar-refractivity contribution in [1.29, 1.82) is 0 Å². The van der Waals surface area contributed by atoms with E-state index in [0.29, 0.717) is 11.4 Å². The summed E-state index contributed by atoms with van der Waals surface area (Å²) in [6, 6.07) is 7.88. The number of rotatable bonds is 5. The number of hydrogen-bond donors (Lipinski definition) is 1. The lowest BCUT2D eigenvalue weighted by Gasteiger charge is -2.18. The van der Waals surface area contributed by atoms with Gasteiger partial charge >= 0.3 is 5.69 Å². The first-order valence-corrected chi connectivity index (χ1v) is 10.1. The van der Waals surface area contributed by atoms with Crippen LogP contribution in [0.2, 0.25) is 0 Å². The highest BCUT2D eigenvalue weighted by atomic mass is 32.2. The molecule has 1 aromatic carbocycles. The predicted octanol–water partition coefficient (Wildman–Crippen LogP) is 3.05. The number of hydrogen-bond acceptors (Lipinski definition) is 7. The highest BCUT2D eigenvalue weighted by Gasteiger charge is 2.26. The van der Waals surface area contributed by atoms with Gasteiger partial charge in [-0.25, -0.2) is 13.4 Å². The Morgan fingerprint density at radius 2 is 1.85 bits per heavy atom. The normalized spacial score (nSPS) is 14.5. The van der Waals surface area contributed by atoms with E-state index < -0.39 is 20.4 Å². The van der Waals surface area contributed by atoms with Crippen molar-refractivity contribution in [2.75, 3.05) is 29.6 Å². The second-order valence-corrected chi connectivity index (χ2v) is 8.29. The number of anilines is 3. The maximum atomic E-state index is 11.9. The molecule has 26 heavy (non-hydrogen) atoms. The summed E-state index contributed by atoms with van der Waals surface area (Å²) in [4.78, 5) is 17.2. The molecule has 2 heterocycles. The standard InChI is InChI=1S/C17H20N4O4S/c1-12-13(8-9-16(18-12)20-10-3-4-11-20)19-14-6-5-7-15(26(2,24)25)17(14)21(22)23/h5-9,19H,3-4,10-11H2,1-2H3. The third kappa shape index (κ3) is 3.62. The number of nitro groups is 1. The van der Waals surface area contributed by atoms with E-state index in [-0.39, 0.29) is 10.6 Å². The molecule has 1 N–H and O–H groups in total. The molecule has 1 aromatic heterocycles. The Morgan fingerprint density at radius 1 is 1.15 bits per heavy atom. The van der Waals surface area contributed by atoms with Gasteiger partial charge in [0.2, 0.25) is 0 Å². The highest BCUT2D eigenvalue weighted by molar-refractivity contribution is 7.90. The first-order valence-electron chi connectivity index (χ1n) is 8.24. The average Bonchev–Trinajstić information content (AvgIpc) is 3.10. The number of nitro benzene ring substituents is 1. The minimum Gasteiger partial charge on any atom is -0.357 e. The van der Waals surface area contributed by atoms with E-state index in [9.17, 15) is 18.5 Å². The van der Waals surface area contributed by atoms with Crippen molar-refractivity contribution in [3.8, 4) is 0 Å². The molecule has 0 amide bonds. The molecule has 1 saturated heterocycles. The highest BCUT2D eigenvalue weighted by Crippen LogP contribution is 2.34. The maximum Gasteiger partial charge on any atom is 0.311 e. The van der Waals surface area contributed by atoms with E-state index in [4.69, 9.17) is 0 Å². The second kappa shape index (κ2) is 6.91. The summed E-state index contributed by atoms with van der Waals surface area (Å²) in [6.45, 7) is 3.76. The molecule has 0 radical (unpaired) electrons. The summed E-state index contributed by atoms with van der Waals surface area (Å²) in [6.07, 6.45) is 3.24. The number of sulfone groups is 1. The molecule has 2 aromatic rings. The summed E-state index contributed by atoms with van der Waals surface area (Å²) in [5, 5.41) is 14.4. The van der Waals surface area contributed by atoms with Crippen LogP contribution in [0.1, 0.15) is 18.5 Å². The molecule has 8 nitrogen and oxygen atoms in total. The van der Waals surface area contributed by atoms with E-state index in [1.165, 1.54) is 18.2 Å². The van der Waals surface area contributed by atoms with Gasteiger partial charge in [-0.1, -0.05) is 6.07 Å². The predicted molar refractivity (Wildman–Crippen MR) is 99.9 cm³/mol. The first-order chi connectivity index (χ1) is 12.3. The van der Waals surface area contributed by atoms with E-state index in [1.54, 1.807) is 0 Å². The van der Waals surface area contributed by atoms with Crippen molar-refractivity contribution in [3.63, 3.8) is 0 Å². The van der Waals surface area contributed by atoms with Crippen LogP contribution in [0.15, 0.2) is 35.2 Å². The van der Waals surface area contributed by atoms with Gasteiger partial charge in [-0.15, -0.1) is 0 Å². The lowest BCUT2D eigenvalue weighted by Crippen LogP contribution is -2.19. The van der Waals surface area contributed by atoms with E-state index in [0.717, 1.165) is 38.0 Å². The summed E-state index contributed by atoms with van der Waals surface area (Å²) in [7, 11) is -3.73. The maximum absolute atomic E-state index is 11.9. The van der Waals surface area contributed by atoms with Gasteiger partial charge in [0.15, 0.2) is 9.84 Å². The molecule has 3 rings (SSSR count). The molecular formula is C17H20N4O4S. The Bertz CT molecular complexity index is 953. The molecule has 0 unspecified atom stereocenters. The van der Waals surface area contributed by atoms with Crippen LogP contribution in [-0.2, 0) is 9.84 Å². The van der Waals surface area contributed by atoms with E-state index in [1.807, 2.05) is 19.1 Å². The van der Waals surface area contributed by atoms with Crippen LogP contribution >= 0.6 is 0 Å². The van der Waals surface area contributed by atoms with Crippen molar-refractivity contribution >= 4 is 32.7 Å². The molecule has 0 bridgehead atoms. The molecule has 1 fully saturated rings. The van der Waals surface area contributed by atoms with Crippen LogP contribution in [-0.4, -0.2) is 37.7 Å². The molecule has 9 heteroatoms. The molecule has 0 atom stereocenters. The number of nitrogens with zero attached hydrogens (tertiary/aromatic N) is 3.